The molecule has 2 nitrogen and oxygen atoms in total. The third-order valence-corrected chi connectivity index (χ3v) is 4.17. The first-order chi connectivity index (χ1) is 11.3. The van der Waals surface area contributed by atoms with E-state index in [1.54, 1.807) is 0 Å². The molecule has 0 spiro atoms. The van der Waals surface area contributed by atoms with Crippen molar-refractivity contribution in [2.24, 2.45) is 4.99 Å². The fourth-order valence-electron chi connectivity index (χ4n) is 2.92. The molecule has 112 valence electrons. The molecule has 1 aliphatic rings. The number of rotatable bonds is 2. The van der Waals surface area contributed by atoms with E-state index in [2.05, 4.69) is 84.8 Å². The zero-order valence-corrected chi connectivity index (χ0v) is 13.1. The lowest BCUT2D eigenvalue weighted by molar-refractivity contribution is 0.714. The van der Waals surface area contributed by atoms with Gasteiger partial charge in [-0.3, -0.25) is 4.99 Å². The first-order valence-electron chi connectivity index (χ1n) is 7.86. The highest BCUT2D eigenvalue weighted by Crippen LogP contribution is 2.29. The van der Waals surface area contributed by atoms with Gasteiger partial charge in [0.25, 0.3) is 0 Å². The lowest BCUT2D eigenvalue weighted by Gasteiger charge is -2.30. The van der Waals surface area contributed by atoms with Crippen LogP contribution in [0.15, 0.2) is 83.9 Å². The van der Waals surface area contributed by atoms with Crippen LogP contribution in [0.5, 0.6) is 0 Å². The predicted molar refractivity (Wildman–Crippen MR) is 94.5 cm³/mol. The van der Waals surface area contributed by atoms with Crippen molar-refractivity contribution in [3.63, 3.8) is 0 Å². The van der Waals surface area contributed by atoms with E-state index in [0.717, 1.165) is 16.3 Å². The van der Waals surface area contributed by atoms with Crippen LogP contribution in [0.25, 0.3) is 6.20 Å². The molecule has 0 amide bonds. The number of hydrogen-bond acceptors (Lipinski definition) is 2. The van der Waals surface area contributed by atoms with Gasteiger partial charge in [0.15, 0.2) is 6.17 Å². The third-order valence-electron chi connectivity index (χ3n) is 4.17. The monoisotopic (exact) mass is 298 g/mol. The molecule has 0 bridgehead atoms. The molecule has 0 saturated heterocycles. The Balaban J connectivity index is 1.90. The van der Waals surface area contributed by atoms with Crippen molar-refractivity contribution in [3.05, 3.63) is 101 Å². The number of hydrogen-bond donors (Lipinski definition) is 0. The van der Waals surface area contributed by atoms with Crippen molar-refractivity contribution in [1.29, 1.82) is 0 Å². The molecule has 0 radical (unpaired) electrons. The molecule has 1 aliphatic heterocycles. The Morgan fingerprint density at radius 3 is 2.26 bits per heavy atom. The number of anilines is 1. The fourth-order valence-corrected chi connectivity index (χ4v) is 2.92. The van der Waals surface area contributed by atoms with Gasteiger partial charge in [-0.15, -0.1) is 0 Å². The Labute approximate surface area is 136 Å². The summed E-state index contributed by atoms with van der Waals surface area (Å²) in [5.74, 6) is 0. The molecular formula is C21H18N2. The van der Waals surface area contributed by atoms with Crippen LogP contribution in [-0.4, -0.2) is 0 Å². The Kier molecular flexibility index (Phi) is 3.43. The Morgan fingerprint density at radius 1 is 0.783 bits per heavy atom. The molecule has 1 unspecified atom stereocenters. The molecule has 1 atom stereocenters. The summed E-state index contributed by atoms with van der Waals surface area (Å²) >= 11 is 0. The van der Waals surface area contributed by atoms with E-state index >= 15 is 0 Å². The van der Waals surface area contributed by atoms with Crippen molar-refractivity contribution < 1.29 is 0 Å². The molecule has 2 heteroatoms. The highest BCUT2D eigenvalue weighted by Gasteiger charge is 2.20. The van der Waals surface area contributed by atoms with Crippen LogP contribution in [-0.2, 0) is 0 Å². The van der Waals surface area contributed by atoms with Crippen molar-refractivity contribution in [2.75, 3.05) is 4.90 Å². The zero-order chi connectivity index (χ0) is 15.6. The highest BCUT2D eigenvalue weighted by molar-refractivity contribution is 5.61. The Bertz CT molecular complexity index is 928. The molecule has 0 aromatic heterocycles. The van der Waals surface area contributed by atoms with E-state index in [-0.39, 0.29) is 6.17 Å². The van der Waals surface area contributed by atoms with E-state index < -0.39 is 0 Å². The average molecular weight is 298 g/mol. The molecule has 3 aromatic rings. The topological polar surface area (TPSA) is 15.6 Å². The summed E-state index contributed by atoms with van der Waals surface area (Å²) in [6.07, 6.45) is 2.17. The van der Waals surface area contributed by atoms with Gasteiger partial charge in [0, 0.05) is 17.1 Å². The van der Waals surface area contributed by atoms with Gasteiger partial charge < -0.3 is 4.90 Å². The number of aryl methyl sites for hydroxylation is 1. The summed E-state index contributed by atoms with van der Waals surface area (Å²) in [5, 5.41) is 2.20. The minimum Gasteiger partial charge on any atom is -0.321 e. The highest BCUT2D eigenvalue weighted by atomic mass is 15.2. The van der Waals surface area contributed by atoms with E-state index in [9.17, 15) is 0 Å². The van der Waals surface area contributed by atoms with Gasteiger partial charge in [0.1, 0.15) is 0 Å². The number of para-hydroxylation sites is 1. The minimum absolute atomic E-state index is 0.0335. The Morgan fingerprint density at radius 2 is 1.48 bits per heavy atom. The van der Waals surface area contributed by atoms with Crippen LogP contribution >= 0.6 is 0 Å². The van der Waals surface area contributed by atoms with Crippen LogP contribution in [0, 0.1) is 6.92 Å². The van der Waals surface area contributed by atoms with Crippen molar-refractivity contribution >= 4 is 11.9 Å². The largest absolute Gasteiger partial charge is 0.321 e. The molecule has 1 heterocycles. The number of benzene rings is 3. The van der Waals surface area contributed by atoms with Crippen LogP contribution < -0.4 is 15.5 Å². The first-order valence-corrected chi connectivity index (χ1v) is 7.86. The van der Waals surface area contributed by atoms with Crippen LogP contribution in [0.3, 0.4) is 0 Å². The van der Waals surface area contributed by atoms with Gasteiger partial charge in [0.2, 0.25) is 0 Å². The summed E-state index contributed by atoms with van der Waals surface area (Å²) in [4.78, 5) is 7.24. The van der Waals surface area contributed by atoms with Gasteiger partial charge in [-0.05, 0) is 30.7 Å². The van der Waals surface area contributed by atoms with Crippen molar-refractivity contribution in [3.8, 4) is 0 Å². The van der Waals surface area contributed by atoms with E-state index in [0.29, 0.717) is 0 Å². The van der Waals surface area contributed by atoms with Crippen LogP contribution in [0.4, 0.5) is 5.69 Å². The van der Waals surface area contributed by atoms with Crippen molar-refractivity contribution in [1.82, 2.24) is 0 Å². The minimum atomic E-state index is -0.0335. The van der Waals surface area contributed by atoms with Gasteiger partial charge in [-0.25, -0.2) is 0 Å². The average Bonchev–Trinajstić information content (AvgIpc) is 2.62. The second kappa shape index (κ2) is 5.73. The maximum atomic E-state index is 4.99. The summed E-state index contributed by atoms with van der Waals surface area (Å²) in [6.45, 7) is 2.11. The normalized spacial score (nSPS) is 16.2. The van der Waals surface area contributed by atoms with Gasteiger partial charge in [0.05, 0.1) is 5.36 Å². The van der Waals surface area contributed by atoms with Gasteiger partial charge in [-0.2, -0.15) is 0 Å². The van der Waals surface area contributed by atoms with Gasteiger partial charge in [-0.1, -0.05) is 66.2 Å². The SMILES string of the molecule is Cc1ccc(N2C=c3ccccc3=NC2c2ccccc2)cc1. The summed E-state index contributed by atoms with van der Waals surface area (Å²) in [5.41, 5.74) is 3.61. The molecule has 0 N–H and O–H groups in total. The number of nitrogens with zero attached hydrogens (tertiary/aromatic N) is 2. The second-order valence-corrected chi connectivity index (χ2v) is 5.84. The maximum Gasteiger partial charge on any atom is 0.151 e. The molecule has 0 aliphatic carbocycles. The molecule has 0 fully saturated rings. The molecule has 0 saturated carbocycles. The lowest BCUT2D eigenvalue weighted by Crippen LogP contribution is -2.37. The van der Waals surface area contributed by atoms with Crippen LogP contribution in [0.2, 0.25) is 0 Å². The first kappa shape index (κ1) is 13.8. The quantitative estimate of drug-likeness (QED) is 0.706. The van der Waals surface area contributed by atoms with Crippen LogP contribution in [0.1, 0.15) is 17.3 Å². The second-order valence-electron chi connectivity index (χ2n) is 5.84. The predicted octanol–water partition coefficient (Wildman–Crippen LogP) is 3.57. The molecule has 4 rings (SSSR count). The Hall–Kier alpha value is -2.87. The third kappa shape index (κ3) is 2.64. The van der Waals surface area contributed by atoms with Crippen molar-refractivity contribution in [2.45, 2.75) is 13.1 Å². The summed E-state index contributed by atoms with van der Waals surface area (Å²) in [7, 11) is 0. The smallest absolute Gasteiger partial charge is 0.151 e. The zero-order valence-electron chi connectivity index (χ0n) is 13.1. The summed E-state index contributed by atoms with van der Waals surface area (Å²) in [6, 6.07) is 27.3. The van der Waals surface area contributed by atoms with E-state index in [4.69, 9.17) is 4.99 Å². The standard InChI is InChI=1S/C21H18N2/c1-16-11-13-19(14-12-16)23-15-18-9-5-6-10-20(18)22-21(23)17-7-3-2-4-8-17/h2-15,21H,1H3. The maximum absolute atomic E-state index is 4.99. The van der Waals surface area contributed by atoms with Gasteiger partial charge >= 0.3 is 0 Å². The lowest BCUT2D eigenvalue weighted by atomic mass is 10.1. The van der Waals surface area contributed by atoms with E-state index in [1.807, 2.05) is 12.1 Å². The summed E-state index contributed by atoms with van der Waals surface area (Å²) < 4.78 is 0. The molecule has 23 heavy (non-hydrogen) atoms. The number of fused-ring (bicyclic) bond motifs is 1. The fraction of sp³-hybridized carbons (Fsp3) is 0.0952. The molecular weight excluding hydrogens is 280 g/mol. The van der Waals surface area contributed by atoms with E-state index in [1.165, 1.54) is 11.1 Å². The molecule has 3 aromatic carbocycles.